The first-order chi connectivity index (χ1) is 16.7. The van der Waals surface area contributed by atoms with Gasteiger partial charge in [0, 0.05) is 31.4 Å². The number of imide groups is 1. The van der Waals surface area contributed by atoms with Crippen LogP contribution in [0, 0.1) is 17.7 Å². The van der Waals surface area contributed by atoms with Crippen LogP contribution in [0.1, 0.15) is 27.0 Å². The van der Waals surface area contributed by atoms with Crippen molar-refractivity contribution in [2.45, 2.75) is 18.6 Å². The normalized spacial score (nSPS) is 20.4. The lowest BCUT2D eigenvalue weighted by atomic mass is 9.98. The van der Waals surface area contributed by atoms with Gasteiger partial charge in [0.2, 0.25) is 5.54 Å². The number of benzene rings is 2. The van der Waals surface area contributed by atoms with Gasteiger partial charge in [0.1, 0.15) is 0 Å². The predicted molar refractivity (Wildman–Crippen MR) is 121 cm³/mol. The van der Waals surface area contributed by atoms with E-state index in [4.69, 9.17) is 4.74 Å². The third-order valence-electron chi connectivity index (χ3n) is 6.17. The molecule has 1 atom stereocenters. The monoisotopic (exact) mass is 477 g/mol. The van der Waals surface area contributed by atoms with Crippen LogP contribution in [0.25, 0.3) is 0 Å². The number of urea groups is 2. The largest absolute Gasteiger partial charge is 0.494 e. The van der Waals surface area contributed by atoms with Gasteiger partial charge in [-0.2, -0.15) is 0 Å². The summed E-state index contributed by atoms with van der Waals surface area (Å²) in [6, 6.07) is 7.23. The highest BCUT2D eigenvalue weighted by Gasteiger charge is 2.48. The van der Waals surface area contributed by atoms with Crippen molar-refractivity contribution in [2.24, 2.45) is 0 Å². The van der Waals surface area contributed by atoms with Crippen molar-refractivity contribution in [3.63, 3.8) is 0 Å². The smallest absolute Gasteiger partial charge is 0.323 e. The van der Waals surface area contributed by atoms with Crippen molar-refractivity contribution in [2.75, 3.05) is 26.0 Å². The molecule has 2 aromatic rings. The molecule has 0 aliphatic carbocycles. The maximum absolute atomic E-state index is 14.7. The molecule has 2 aromatic carbocycles. The summed E-state index contributed by atoms with van der Waals surface area (Å²) in [5.74, 6) is 3.56. The fourth-order valence-corrected chi connectivity index (χ4v) is 4.34. The molecule has 0 radical (unpaired) electrons. The summed E-state index contributed by atoms with van der Waals surface area (Å²) in [6.07, 6.45) is 0. The van der Waals surface area contributed by atoms with E-state index in [1.165, 1.54) is 23.0 Å². The van der Waals surface area contributed by atoms with Gasteiger partial charge in [-0.1, -0.05) is 17.9 Å². The Morgan fingerprint density at radius 1 is 1.09 bits per heavy atom. The summed E-state index contributed by atoms with van der Waals surface area (Å²) < 4.78 is 19.7. The Morgan fingerprint density at radius 2 is 1.89 bits per heavy atom. The highest BCUT2D eigenvalue weighted by Crippen LogP contribution is 2.32. The van der Waals surface area contributed by atoms with Crippen LogP contribution in [0.4, 0.5) is 19.7 Å². The maximum Gasteiger partial charge on any atom is 0.323 e. The number of hydrogen-bond acceptors (Lipinski definition) is 5. The number of nitrogens with zero attached hydrogens (tertiary/aromatic N) is 2. The second kappa shape index (κ2) is 8.02. The summed E-state index contributed by atoms with van der Waals surface area (Å²) in [6.45, 7) is 0.151. The first-order valence-corrected chi connectivity index (χ1v) is 10.7. The number of amides is 6. The Kier molecular flexibility index (Phi) is 5.09. The number of carbonyl (C=O) groups is 4. The Bertz CT molecular complexity index is 1380. The van der Waals surface area contributed by atoms with Gasteiger partial charge in [-0.25, -0.2) is 14.0 Å². The zero-order chi connectivity index (χ0) is 24.9. The Balaban J connectivity index is 1.45. The lowest BCUT2D eigenvalue weighted by molar-refractivity contribution is -0.122. The SMILES string of the molecule is COc1ccc2c(c1F)C(=O)N(CC1(C#Cc3ccc4c(c3)CN(C)C(=O)N4)NC(=O)NC1=O)C2. The average Bonchev–Trinajstić information content (AvgIpc) is 3.28. The van der Waals surface area contributed by atoms with Crippen molar-refractivity contribution >= 4 is 29.6 Å². The number of anilines is 1. The molecule has 6 amide bonds. The number of rotatable bonds is 3. The average molecular weight is 477 g/mol. The number of methoxy groups -OCH3 is 1. The van der Waals surface area contributed by atoms with Crippen LogP contribution >= 0.6 is 0 Å². The molecule has 0 aromatic heterocycles. The fourth-order valence-electron chi connectivity index (χ4n) is 4.34. The van der Waals surface area contributed by atoms with E-state index in [-0.39, 0.29) is 30.4 Å². The lowest BCUT2D eigenvalue weighted by Crippen LogP contribution is -2.54. The van der Waals surface area contributed by atoms with Gasteiger partial charge in [0.05, 0.1) is 19.2 Å². The Morgan fingerprint density at radius 3 is 2.60 bits per heavy atom. The molecule has 3 N–H and O–H groups in total. The topological polar surface area (TPSA) is 120 Å². The molecular weight excluding hydrogens is 457 g/mol. The molecule has 10 nitrogen and oxygen atoms in total. The van der Waals surface area contributed by atoms with Crippen LogP contribution in [-0.4, -0.2) is 59.9 Å². The van der Waals surface area contributed by atoms with E-state index < -0.39 is 29.2 Å². The minimum atomic E-state index is -1.73. The van der Waals surface area contributed by atoms with Gasteiger partial charge >= 0.3 is 12.1 Å². The molecule has 5 rings (SSSR count). The van der Waals surface area contributed by atoms with Gasteiger partial charge < -0.3 is 25.2 Å². The third kappa shape index (κ3) is 3.69. The molecule has 1 fully saturated rings. The number of halogens is 1. The summed E-state index contributed by atoms with van der Waals surface area (Å²) in [5, 5.41) is 7.45. The van der Waals surface area contributed by atoms with E-state index in [0.717, 1.165) is 5.56 Å². The van der Waals surface area contributed by atoms with Crippen molar-refractivity contribution in [3.05, 3.63) is 58.4 Å². The number of hydrogen-bond donors (Lipinski definition) is 3. The molecule has 0 bridgehead atoms. The molecular formula is C24H20FN5O5. The van der Waals surface area contributed by atoms with Gasteiger partial charge in [-0.05, 0) is 35.4 Å². The van der Waals surface area contributed by atoms with Crippen molar-refractivity contribution in [1.82, 2.24) is 20.4 Å². The molecule has 0 saturated carbocycles. The lowest BCUT2D eigenvalue weighted by Gasteiger charge is -2.26. The van der Waals surface area contributed by atoms with Crippen LogP contribution in [0.5, 0.6) is 5.75 Å². The molecule has 35 heavy (non-hydrogen) atoms. The van der Waals surface area contributed by atoms with E-state index >= 15 is 0 Å². The van der Waals surface area contributed by atoms with Gasteiger partial charge in [0.15, 0.2) is 11.6 Å². The summed E-state index contributed by atoms with van der Waals surface area (Å²) >= 11 is 0. The maximum atomic E-state index is 14.7. The van der Waals surface area contributed by atoms with Crippen LogP contribution in [0.2, 0.25) is 0 Å². The van der Waals surface area contributed by atoms with Gasteiger partial charge in [0.25, 0.3) is 11.8 Å². The molecule has 11 heteroatoms. The highest BCUT2D eigenvalue weighted by atomic mass is 19.1. The van der Waals surface area contributed by atoms with E-state index in [1.807, 2.05) is 0 Å². The number of carbonyl (C=O) groups excluding carboxylic acids is 4. The van der Waals surface area contributed by atoms with Crippen molar-refractivity contribution in [3.8, 4) is 17.6 Å². The second-order valence-electron chi connectivity index (χ2n) is 8.50. The van der Waals surface area contributed by atoms with Crippen LogP contribution < -0.4 is 20.7 Å². The first-order valence-electron chi connectivity index (χ1n) is 10.7. The molecule has 0 spiro atoms. The minimum absolute atomic E-state index is 0.0482. The van der Waals surface area contributed by atoms with Crippen molar-refractivity contribution < 1.29 is 28.3 Å². The highest BCUT2D eigenvalue weighted by molar-refractivity contribution is 6.10. The van der Waals surface area contributed by atoms with Gasteiger partial charge in [-0.3, -0.25) is 14.9 Å². The number of fused-ring (bicyclic) bond motifs is 2. The summed E-state index contributed by atoms with van der Waals surface area (Å²) in [7, 11) is 2.96. The predicted octanol–water partition coefficient (Wildman–Crippen LogP) is 1.40. The molecule has 1 saturated heterocycles. The van der Waals surface area contributed by atoms with Crippen LogP contribution in [0.15, 0.2) is 30.3 Å². The van der Waals surface area contributed by atoms with Crippen LogP contribution in [0.3, 0.4) is 0 Å². The molecule has 178 valence electrons. The number of nitrogens with one attached hydrogen (secondary N) is 3. The molecule has 1 unspecified atom stereocenters. The van der Waals surface area contributed by atoms with Crippen LogP contribution in [-0.2, 0) is 17.9 Å². The molecule has 3 heterocycles. The quantitative estimate of drug-likeness (QED) is 0.456. The fraction of sp³-hybridized carbons (Fsp3) is 0.250. The zero-order valence-electron chi connectivity index (χ0n) is 18.8. The first kappa shape index (κ1) is 22.2. The van der Waals surface area contributed by atoms with E-state index in [1.54, 1.807) is 31.3 Å². The molecule has 3 aliphatic heterocycles. The second-order valence-corrected chi connectivity index (χ2v) is 8.50. The minimum Gasteiger partial charge on any atom is -0.494 e. The summed E-state index contributed by atoms with van der Waals surface area (Å²) in [4.78, 5) is 52.4. The van der Waals surface area contributed by atoms with Crippen molar-refractivity contribution in [1.29, 1.82) is 0 Å². The number of ether oxygens (including phenoxy) is 1. The van der Waals surface area contributed by atoms with Gasteiger partial charge in [-0.15, -0.1) is 0 Å². The summed E-state index contributed by atoms with van der Waals surface area (Å²) in [5.41, 5.74) is 0.644. The zero-order valence-corrected chi connectivity index (χ0v) is 18.8. The Hall–Kier alpha value is -4.59. The molecule has 3 aliphatic rings. The standard InChI is InChI=1S/C24H20FN5O5/c1-29-10-15-9-13(3-5-16(15)26-23(29)34)7-8-24(21(32)27-22(33)28-24)12-30-11-14-4-6-17(35-2)19(25)18(14)20(30)31/h3-6,9H,10-12H2,1-2H3,(H,26,34)(H2,27,28,32,33). The van der Waals surface area contributed by atoms with E-state index in [0.29, 0.717) is 23.4 Å². The third-order valence-corrected chi connectivity index (χ3v) is 6.17. The van der Waals surface area contributed by atoms with E-state index in [9.17, 15) is 23.6 Å². The van der Waals surface area contributed by atoms with E-state index in [2.05, 4.69) is 27.8 Å². The Labute approximate surface area is 199 Å².